The average molecular weight is 503 g/mol. The minimum atomic E-state index is -1.23. The van der Waals surface area contributed by atoms with Crippen LogP contribution in [0.25, 0.3) is 6.08 Å². The summed E-state index contributed by atoms with van der Waals surface area (Å²) in [4.78, 5) is 47.0. The number of rotatable bonds is 6. The number of anilines is 1. The van der Waals surface area contributed by atoms with Gasteiger partial charge in [0, 0.05) is 22.2 Å². The fourth-order valence-electron chi connectivity index (χ4n) is 3.08. The van der Waals surface area contributed by atoms with E-state index < -0.39 is 29.2 Å². The van der Waals surface area contributed by atoms with E-state index >= 15 is 0 Å². The first-order valence-electron chi connectivity index (χ1n) is 8.62. The molecule has 2 aliphatic rings. The number of aromatic nitrogens is 2. The van der Waals surface area contributed by atoms with E-state index in [9.17, 15) is 24.7 Å². The monoisotopic (exact) mass is 502 g/mol. The molecule has 162 valence electrons. The number of carbonyl (C=O) groups is 3. The molecule has 2 aromatic rings. The molecule has 2 atom stereocenters. The number of carboxylic acid groups (broad SMARTS) is 1. The zero-order valence-corrected chi connectivity index (χ0v) is 17.9. The number of carboxylic acids is 1. The molecule has 0 bridgehead atoms. The van der Waals surface area contributed by atoms with Gasteiger partial charge in [0.1, 0.15) is 22.8 Å². The van der Waals surface area contributed by atoms with Crippen LogP contribution in [-0.2, 0) is 14.4 Å². The van der Waals surface area contributed by atoms with Gasteiger partial charge in [-0.3, -0.25) is 19.5 Å². The summed E-state index contributed by atoms with van der Waals surface area (Å²) in [5.41, 5.74) is 7.24. The number of hydrogen-bond donors (Lipinski definition) is 4. The number of allylic oxidation sites excluding steroid dienone is 1. The van der Waals surface area contributed by atoms with Crippen LogP contribution >= 0.6 is 34.4 Å². The Balaban J connectivity index is 0.00000289. The fourth-order valence-corrected chi connectivity index (χ4v) is 5.46. The van der Waals surface area contributed by atoms with Crippen LogP contribution in [0.2, 0.25) is 0 Å². The first kappa shape index (κ1) is 24.4. The molecule has 0 saturated carbocycles. The molecule has 2 aliphatic heterocycles. The summed E-state index contributed by atoms with van der Waals surface area (Å²) in [6.45, 7) is 0. The van der Waals surface area contributed by atoms with Gasteiger partial charge >= 0.3 is 35.5 Å². The maximum atomic E-state index is 12.7. The molecule has 4 heterocycles. The molecule has 1 unspecified atom stereocenters. The third-order valence-corrected chi connectivity index (χ3v) is 7.18. The van der Waals surface area contributed by atoms with Crippen LogP contribution < -0.4 is 11.1 Å². The van der Waals surface area contributed by atoms with Crippen molar-refractivity contribution in [2.24, 2.45) is 5.16 Å². The van der Waals surface area contributed by atoms with Crippen LogP contribution in [0.4, 0.5) is 5.13 Å². The van der Waals surface area contributed by atoms with Crippen molar-refractivity contribution in [3.63, 3.8) is 0 Å². The molecule has 32 heavy (non-hydrogen) atoms. The molecule has 11 nitrogen and oxygen atoms in total. The molecule has 2 amide bonds. The van der Waals surface area contributed by atoms with Crippen LogP contribution in [-0.4, -0.2) is 95.4 Å². The predicted molar refractivity (Wildman–Crippen MR) is 123 cm³/mol. The van der Waals surface area contributed by atoms with Crippen LogP contribution in [0.15, 0.2) is 39.6 Å². The standard InChI is InChI=1S/C17H14N6O5S3.Na.H/c18-17-20-9(5-30-17)10(22-28)13(24)21-11-14(25)23-12(16(26)27)7(4-29-15(11)23)1-2-8-3-19-6-31-8;;/h1-3,5-6,11,15,28H,4H2,(H2,18,20)(H,21,24)(H,26,27);;/b2-1+,22-10+;;/t11?,15-;;/m1../s1. The molecule has 0 aromatic carbocycles. The van der Waals surface area contributed by atoms with Crippen molar-refractivity contribution in [2.45, 2.75) is 11.4 Å². The quantitative estimate of drug-likeness (QED) is 0.141. The van der Waals surface area contributed by atoms with Crippen molar-refractivity contribution in [1.82, 2.24) is 20.2 Å². The van der Waals surface area contributed by atoms with Gasteiger partial charge < -0.3 is 21.4 Å². The molecular weight excluding hydrogens is 487 g/mol. The average Bonchev–Trinajstić information content (AvgIpc) is 3.42. The van der Waals surface area contributed by atoms with Crippen LogP contribution in [0, 0.1) is 0 Å². The summed E-state index contributed by atoms with van der Waals surface area (Å²) in [7, 11) is 0. The predicted octanol–water partition coefficient (Wildman–Crippen LogP) is 0.164. The van der Waals surface area contributed by atoms with E-state index in [-0.39, 0.29) is 51.8 Å². The zero-order chi connectivity index (χ0) is 22.1. The van der Waals surface area contributed by atoms with Gasteiger partial charge in [-0.05, 0) is 11.6 Å². The Hall–Kier alpha value is -2.23. The Labute approximate surface area is 215 Å². The summed E-state index contributed by atoms with van der Waals surface area (Å²) in [6.07, 6.45) is 5.05. The number of aliphatic carboxylic acids is 1. The van der Waals surface area contributed by atoms with E-state index in [0.717, 1.165) is 21.1 Å². The molecule has 1 saturated heterocycles. The topological polar surface area (TPSA) is 171 Å². The normalized spacial score (nSPS) is 20.6. The van der Waals surface area contributed by atoms with E-state index in [1.165, 1.54) is 28.5 Å². The number of amides is 2. The van der Waals surface area contributed by atoms with Gasteiger partial charge in [-0.25, -0.2) is 9.78 Å². The molecular formula is C17H15N6NaO5S3. The zero-order valence-electron chi connectivity index (χ0n) is 15.5. The number of nitrogens with two attached hydrogens (primary N) is 1. The molecule has 0 radical (unpaired) electrons. The van der Waals surface area contributed by atoms with Crippen LogP contribution in [0.3, 0.4) is 0 Å². The second-order valence-corrected chi connectivity index (χ2v) is 9.21. The van der Waals surface area contributed by atoms with Crippen molar-refractivity contribution in [1.29, 1.82) is 0 Å². The third-order valence-electron chi connectivity index (χ3n) is 4.47. The van der Waals surface area contributed by atoms with E-state index in [2.05, 4.69) is 20.4 Å². The van der Waals surface area contributed by atoms with Crippen molar-refractivity contribution in [3.05, 3.63) is 45.0 Å². The van der Waals surface area contributed by atoms with Crippen molar-refractivity contribution in [2.75, 3.05) is 11.5 Å². The van der Waals surface area contributed by atoms with Crippen molar-refractivity contribution >= 4 is 98.7 Å². The molecule has 5 N–H and O–H groups in total. The van der Waals surface area contributed by atoms with E-state index in [4.69, 9.17) is 5.73 Å². The fraction of sp³-hybridized carbons (Fsp3) is 0.176. The van der Waals surface area contributed by atoms with Gasteiger partial charge in [-0.15, -0.1) is 34.4 Å². The van der Waals surface area contributed by atoms with E-state index in [1.807, 2.05) is 0 Å². The van der Waals surface area contributed by atoms with Crippen molar-refractivity contribution in [3.8, 4) is 0 Å². The first-order valence-corrected chi connectivity index (χ1v) is 11.4. The summed E-state index contributed by atoms with van der Waals surface area (Å²) in [6, 6.07) is -0.966. The Morgan fingerprint density at radius 2 is 2.12 bits per heavy atom. The SMILES string of the molecule is Nc1nc(/C(=N\O)C(=O)NC2C(=O)N3C(C(=O)O)=C(/C=C/c4cncs4)CS[C@H]23)cs1.[NaH]. The Morgan fingerprint density at radius 3 is 2.72 bits per heavy atom. The number of hydrogen-bond acceptors (Lipinski definition) is 11. The van der Waals surface area contributed by atoms with Crippen LogP contribution in [0.5, 0.6) is 0 Å². The molecule has 0 spiro atoms. The summed E-state index contributed by atoms with van der Waals surface area (Å²) < 4.78 is 0. The number of oxime groups is 1. The minimum absolute atomic E-state index is 0. The number of β-lactam (4-membered cyclic amide) rings is 1. The van der Waals surface area contributed by atoms with Crippen LogP contribution in [0.1, 0.15) is 10.6 Å². The molecule has 1 fully saturated rings. The number of thiazole rings is 2. The first-order chi connectivity index (χ1) is 14.9. The second-order valence-electron chi connectivity index (χ2n) is 6.30. The molecule has 2 aromatic heterocycles. The summed E-state index contributed by atoms with van der Waals surface area (Å²) in [5, 5.41) is 25.4. The number of nitrogens with zero attached hydrogens (tertiary/aromatic N) is 4. The number of thioether (sulfide) groups is 1. The maximum absolute atomic E-state index is 12.7. The van der Waals surface area contributed by atoms with Gasteiger partial charge in [0.25, 0.3) is 11.8 Å². The molecule has 15 heteroatoms. The molecule has 4 rings (SSSR count). The number of nitrogens with one attached hydrogen (secondary N) is 1. The second kappa shape index (κ2) is 10.1. The Morgan fingerprint density at radius 1 is 1.34 bits per heavy atom. The van der Waals surface area contributed by atoms with Gasteiger partial charge in [0.2, 0.25) is 0 Å². The van der Waals surface area contributed by atoms with Gasteiger partial charge in [0.15, 0.2) is 10.8 Å². The van der Waals surface area contributed by atoms with E-state index in [0.29, 0.717) is 11.3 Å². The number of fused-ring (bicyclic) bond motifs is 1. The molecule has 0 aliphatic carbocycles. The third kappa shape index (κ3) is 4.60. The van der Waals surface area contributed by atoms with Gasteiger partial charge in [0.05, 0.1) is 5.51 Å². The number of nitrogen functional groups attached to an aromatic ring is 1. The summed E-state index contributed by atoms with van der Waals surface area (Å²) in [5.74, 6) is -2.28. The van der Waals surface area contributed by atoms with Gasteiger partial charge in [-0.1, -0.05) is 11.2 Å². The van der Waals surface area contributed by atoms with Gasteiger partial charge in [-0.2, -0.15) is 0 Å². The Kier molecular flexibility index (Phi) is 7.74. The number of carbonyl (C=O) groups excluding carboxylic acids is 2. The van der Waals surface area contributed by atoms with Crippen molar-refractivity contribution < 1.29 is 24.7 Å². The summed E-state index contributed by atoms with van der Waals surface area (Å²) >= 11 is 3.79. The Bertz CT molecular complexity index is 1150. The van der Waals surface area contributed by atoms with E-state index in [1.54, 1.807) is 23.9 Å².